The monoisotopic (exact) mass is 566 g/mol. The Labute approximate surface area is 221 Å². The number of hydrogen-bond donors (Lipinski definition) is 1. The first-order valence-corrected chi connectivity index (χ1v) is 15.5. The van der Waals surface area contributed by atoms with Gasteiger partial charge in [0.15, 0.2) is 5.65 Å². The minimum atomic E-state index is -3.21. The van der Waals surface area contributed by atoms with Crippen LogP contribution in [0, 0.1) is 0 Å². The Morgan fingerprint density at radius 3 is 2.56 bits per heavy atom. The van der Waals surface area contributed by atoms with E-state index in [2.05, 4.69) is 49.6 Å². The van der Waals surface area contributed by atoms with Crippen molar-refractivity contribution in [2.45, 2.75) is 45.6 Å². The number of anilines is 1. The molecule has 4 rings (SSSR count). The highest BCUT2D eigenvalue weighted by Crippen LogP contribution is 2.39. The first-order valence-electron chi connectivity index (χ1n) is 11.8. The first-order chi connectivity index (χ1) is 18.5. The molecule has 0 bridgehead atoms. The van der Waals surface area contributed by atoms with Gasteiger partial charge in [0.1, 0.15) is 23.8 Å². The number of rotatable bonds is 12. The lowest BCUT2D eigenvalue weighted by atomic mass is 10.1. The molecule has 0 unspecified atom stereocenters. The fourth-order valence-electron chi connectivity index (χ4n) is 3.63. The van der Waals surface area contributed by atoms with E-state index in [1.807, 2.05) is 0 Å². The van der Waals surface area contributed by atoms with Gasteiger partial charge in [-0.3, -0.25) is 4.79 Å². The Bertz CT molecular complexity index is 1440. The lowest BCUT2D eigenvalue weighted by Crippen LogP contribution is -2.22. The minimum Gasteiger partial charge on any atom is -0.435 e. The Morgan fingerprint density at radius 2 is 1.85 bits per heavy atom. The van der Waals surface area contributed by atoms with Crippen molar-refractivity contribution in [2.24, 2.45) is 0 Å². The number of halogens is 4. The molecule has 0 fully saturated rings. The summed E-state index contributed by atoms with van der Waals surface area (Å²) in [6, 6.07) is 5.74. The summed E-state index contributed by atoms with van der Waals surface area (Å²) in [6.45, 7) is 0.486. The molecule has 1 N–H and O–H groups in total. The molecule has 1 amide bonds. The molecule has 10 nitrogen and oxygen atoms in total. The average molecular weight is 567 g/mol. The Morgan fingerprint density at radius 1 is 1.08 bits per heavy atom. The van der Waals surface area contributed by atoms with Gasteiger partial charge in [0, 0.05) is 32.6 Å². The number of ether oxygens (including phenoxy) is 3. The summed E-state index contributed by atoms with van der Waals surface area (Å²) in [5.41, 5.74) is 0.508. The zero-order valence-corrected chi connectivity index (χ0v) is 22.3. The lowest BCUT2D eigenvalue weighted by Gasteiger charge is -2.18. The molecule has 39 heavy (non-hydrogen) atoms. The Balaban J connectivity index is 1.74. The van der Waals surface area contributed by atoms with Crippen molar-refractivity contribution >= 4 is 25.3 Å². The maximum atomic E-state index is 13.3. The largest absolute Gasteiger partial charge is 0.435 e. The fraction of sp³-hybridized carbons (Fsp3) is 0.333. The molecule has 0 aliphatic heterocycles. The van der Waals surface area contributed by atoms with Crippen LogP contribution in [-0.2, 0) is 11.5 Å². The fourth-order valence-corrected chi connectivity index (χ4v) is 4.39. The predicted molar refractivity (Wildman–Crippen MR) is 136 cm³/mol. The molecule has 0 saturated heterocycles. The summed E-state index contributed by atoms with van der Waals surface area (Å²) in [4.78, 5) is 17.3. The van der Waals surface area contributed by atoms with E-state index in [1.54, 1.807) is 12.3 Å². The van der Waals surface area contributed by atoms with Crippen LogP contribution in [0.15, 0.2) is 49.1 Å². The van der Waals surface area contributed by atoms with Crippen LogP contribution >= 0.6 is 0 Å². The second-order valence-electron chi connectivity index (χ2n) is 9.57. The second kappa shape index (κ2) is 11.8. The third-order valence-electron chi connectivity index (χ3n) is 5.47. The van der Waals surface area contributed by atoms with E-state index in [4.69, 9.17) is 4.74 Å². The summed E-state index contributed by atoms with van der Waals surface area (Å²) in [7, 11) is -1.41. The zero-order chi connectivity index (χ0) is 28.2. The molecule has 0 saturated carbocycles. The maximum Gasteiger partial charge on any atom is 0.387 e. The highest BCUT2D eigenvalue weighted by Gasteiger charge is 2.24. The van der Waals surface area contributed by atoms with Gasteiger partial charge in [-0.15, -0.1) is 0 Å². The molecular weight excluding hydrogens is 540 g/mol. The van der Waals surface area contributed by atoms with Gasteiger partial charge >= 0.3 is 13.2 Å². The molecule has 0 aliphatic carbocycles. The van der Waals surface area contributed by atoms with E-state index in [1.165, 1.54) is 27.8 Å². The second-order valence-corrected chi connectivity index (χ2v) is 15.2. The third kappa shape index (κ3) is 7.11. The zero-order valence-electron chi connectivity index (χ0n) is 21.3. The molecule has 0 atom stereocenters. The summed E-state index contributed by atoms with van der Waals surface area (Å²) < 4.78 is 70.0. The van der Waals surface area contributed by atoms with Crippen LogP contribution in [-0.4, -0.2) is 58.2 Å². The summed E-state index contributed by atoms with van der Waals surface area (Å²) >= 11 is 0. The number of aromatic nitrogens is 5. The van der Waals surface area contributed by atoms with Crippen molar-refractivity contribution < 1.29 is 36.6 Å². The highest BCUT2D eigenvalue weighted by molar-refractivity contribution is 6.76. The summed E-state index contributed by atoms with van der Waals surface area (Å²) in [5.74, 6) is -1.26. The number of carbonyl (C=O) groups excluding carboxylic acids is 1. The molecule has 4 aromatic rings. The number of nitrogens with zero attached hydrogens (tertiary/aromatic N) is 5. The standard InChI is InChI=1S/C24H26F4N6O4Si/c1-39(2,3)10-9-36-14-34-20(16-11-15(37-23(25)26)5-6-19(16)38-24(27)28)18(13-31-34)32-22(35)17-12-30-33-8-4-7-29-21(17)33/h4-8,11-13,23-24H,9-10,14H2,1-3H3,(H,32,35). The van der Waals surface area contributed by atoms with Crippen LogP contribution in [0.1, 0.15) is 10.4 Å². The molecule has 3 aromatic heterocycles. The van der Waals surface area contributed by atoms with Gasteiger partial charge in [-0.25, -0.2) is 14.2 Å². The van der Waals surface area contributed by atoms with Crippen LogP contribution in [0.3, 0.4) is 0 Å². The maximum absolute atomic E-state index is 13.3. The van der Waals surface area contributed by atoms with Crippen LogP contribution in [0.25, 0.3) is 16.9 Å². The van der Waals surface area contributed by atoms with Gasteiger partial charge in [-0.05, 0) is 30.3 Å². The van der Waals surface area contributed by atoms with Gasteiger partial charge in [-0.1, -0.05) is 19.6 Å². The van der Waals surface area contributed by atoms with Crippen LogP contribution < -0.4 is 14.8 Å². The lowest BCUT2D eigenvalue weighted by molar-refractivity contribution is -0.0527. The van der Waals surface area contributed by atoms with Crippen molar-refractivity contribution in [1.82, 2.24) is 24.4 Å². The molecule has 15 heteroatoms. The van der Waals surface area contributed by atoms with E-state index >= 15 is 0 Å². The highest BCUT2D eigenvalue weighted by atomic mass is 28.3. The predicted octanol–water partition coefficient (Wildman–Crippen LogP) is 5.36. The smallest absolute Gasteiger partial charge is 0.387 e. The van der Waals surface area contributed by atoms with Crippen molar-refractivity contribution in [3.05, 3.63) is 54.6 Å². The van der Waals surface area contributed by atoms with Gasteiger partial charge in [-0.2, -0.15) is 27.8 Å². The van der Waals surface area contributed by atoms with Crippen molar-refractivity contribution in [1.29, 1.82) is 0 Å². The van der Waals surface area contributed by atoms with Crippen LogP contribution in [0.2, 0.25) is 25.7 Å². The van der Waals surface area contributed by atoms with Crippen LogP contribution in [0.5, 0.6) is 11.5 Å². The van der Waals surface area contributed by atoms with E-state index in [-0.39, 0.29) is 46.4 Å². The number of fused-ring (bicyclic) bond motifs is 1. The quantitative estimate of drug-likeness (QED) is 0.140. The molecule has 1 aromatic carbocycles. The molecular formula is C24H26F4N6O4Si. The van der Waals surface area contributed by atoms with Gasteiger partial charge in [0.25, 0.3) is 5.91 Å². The first kappa shape index (κ1) is 28.0. The average Bonchev–Trinajstić information content (AvgIpc) is 3.46. The summed E-state index contributed by atoms with van der Waals surface area (Å²) in [6.07, 6.45) is 5.73. The molecule has 3 heterocycles. The molecule has 208 valence electrons. The van der Waals surface area contributed by atoms with E-state index in [0.717, 1.165) is 24.2 Å². The van der Waals surface area contributed by atoms with Gasteiger partial charge in [0.05, 0.1) is 23.8 Å². The third-order valence-corrected chi connectivity index (χ3v) is 7.17. The Kier molecular flexibility index (Phi) is 8.50. The SMILES string of the molecule is C[Si](C)(C)CCOCn1ncc(NC(=O)c2cnn3cccnc23)c1-c1cc(OC(F)F)ccc1OC(F)F. The normalized spacial score (nSPS) is 11.9. The summed E-state index contributed by atoms with van der Waals surface area (Å²) in [5, 5.41) is 11.0. The molecule has 0 spiro atoms. The number of amides is 1. The van der Waals surface area contributed by atoms with Crippen molar-refractivity contribution in [2.75, 3.05) is 11.9 Å². The van der Waals surface area contributed by atoms with Crippen molar-refractivity contribution in [3.63, 3.8) is 0 Å². The van der Waals surface area contributed by atoms with Crippen LogP contribution in [0.4, 0.5) is 23.2 Å². The topological polar surface area (TPSA) is 105 Å². The van der Waals surface area contributed by atoms with E-state index in [9.17, 15) is 22.4 Å². The van der Waals surface area contributed by atoms with Gasteiger partial charge in [0.2, 0.25) is 0 Å². The molecule has 0 aliphatic rings. The van der Waals surface area contributed by atoms with E-state index in [0.29, 0.717) is 6.61 Å². The number of nitrogens with one attached hydrogen (secondary N) is 1. The molecule has 0 radical (unpaired) electrons. The number of hydrogen-bond acceptors (Lipinski definition) is 7. The van der Waals surface area contributed by atoms with E-state index < -0.39 is 27.2 Å². The van der Waals surface area contributed by atoms with Crippen molar-refractivity contribution in [3.8, 4) is 22.8 Å². The Hall–Kier alpha value is -3.98. The number of benzene rings is 1. The van der Waals surface area contributed by atoms with Gasteiger partial charge < -0.3 is 19.5 Å². The number of carbonyl (C=O) groups is 1. The number of alkyl halides is 4. The minimum absolute atomic E-state index is 0.0759.